The molecule has 2 N–H and O–H groups in total. The molecule has 1 unspecified atom stereocenters. The molecule has 6 nitrogen and oxygen atoms in total. The lowest BCUT2D eigenvalue weighted by Gasteiger charge is -2.11. The van der Waals surface area contributed by atoms with E-state index in [-0.39, 0.29) is 17.7 Å². The van der Waals surface area contributed by atoms with Gasteiger partial charge >= 0.3 is 0 Å². The minimum atomic E-state index is -0.344. The Morgan fingerprint density at radius 2 is 2.04 bits per heavy atom. The van der Waals surface area contributed by atoms with Crippen molar-refractivity contribution in [2.75, 3.05) is 6.61 Å². The monoisotopic (exact) mass is 368 g/mol. The number of aromatic nitrogens is 1. The number of carbonyl (C=O) groups excluding carboxylic acids is 2. The SMILES string of the molecule is CCOc1cccc2cc(C(C)NC(=O)c3[nH]c(C)c(C(C)=O)c3C)oc12. The van der Waals surface area contributed by atoms with Gasteiger partial charge in [-0.05, 0) is 52.3 Å². The van der Waals surface area contributed by atoms with Crippen LogP contribution in [-0.2, 0) is 0 Å². The summed E-state index contributed by atoms with van der Waals surface area (Å²) in [5.41, 5.74) is 2.99. The van der Waals surface area contributed by atoms with Gasteiger partial charge in [-0.2, -0.15) is 0 Å². The van der Waals surface area contributed by atoms with E-state index in [9.17, 15) is 9.59 Å². The summed E-state index contributed by atoms with van der Waals surface area (Å²) in [5.74, 6) is 0.982. The third-order valence-corrected chi connectivity index (χ3v) is 4.62. The molecule has 1 atom stereocenters. The van der Waals surface area contributed by atoms with E-state index in [2.05, 4.69) is 10.3 Å². The van der Waals surface area contributed by atoms with Crippen molar-refractivity contribution in [2.24, 2.45) is 0 Å². The highest BCUT2D eigenvalue weighted by atomic mass is 16.5. The molecule has 3 aromatic rings. The molecule has 0 aliphatic rings. The fourth-order valence-corrected chi connectivity index (χ4v) is 3.38. The smallest absolute Gasteiger partial charge is 0.268 e. The van der Waals surface area contributed by atoms with Crippen LogP contribution in [-0.4, -0.2) is 23.3 Å². The van der Waals surface area contributed by atoms with Crippen LogP contribution in [0.3, 0.4) is 0 Å². The molecule has 0 bridgehead atoms. The number of nitrogens with one attached hydrogen (secondary N) is 2. The van der Waals surface area contributed by atoms with Crippen molar-refractivity contribution < 1.29 is 18.7 Å². The normalized spacial score (nSPS) is 12.2. The van der Waals surface area contributed by atoms with Crippen LogP contribution < -0.4 is 10.1 Å². The zero-order valence-corrected chi connectivity index (χ0v) is 16.2. The van der Waals surface area contributed by atoms with Crippen LogP contribution in [0, 0.1) is 13.8 Å². The third-order valence-electron chi connectivity index (χ3n) is 4.62. The van der Waals surface area contributed by atoms with Gasteiger partial charge in [0, 0.05) is 16.6 Å². The van der Waals surface area contributed by atoms with Crippen molar-refractivity contribution in [3.8, 4) is 5.75 Å². The van der Waals surface area contributed by atoms with Gasteiger partial charge in [0.25, 0.3) is 5.91 Å². The number of rotatable bonds is 6. The van der Waals surface area contributed by atoms with Crippen molar-refractivity contribution >= 4 is 22.7 Å². The molecule has 0 saturated heterocycles. The number of hydrogen-bond acceptors (Lipinski definition) is 4. The molecule has 6 heteroatoms. The number of fused-ring (bicyclic) bond motifs is 1. The zero-order valence-electron chi connectivity index (χ0n) is 16.2. The van der Waals surface area contributed by atoms with E-state index in [4.69, 9.17) is 9.15 Å². The zero-order chi connectivity index (χ0) is 19.7. The number of aromatic amines is 1. The van der Waals surface area contributed by atoms with E-state index in [1.807, 2.05) is 38.1 Å². The summed E-state index contributed by atoms with van der Waals surface area (Å²) < 4.78 is 11.5. The molecule has 2 aromatic heterocycles. The topological polar surface area (TPSA) is 84.3 Å². The van der Waals surface area contributed by atoms with Crippen LogP contribution >= 0.6 is 0 Å². The van der Waals surface area contributed by atoms with Gasteiger partial charge in [-0.15, -0.1) is 0 Å². The fourth-order valence-electron chi connectivity index (χ4n) is 3.38. The highest BCUT2D eigenvalue weighted by Gasteiger charge is 2.22. The first kappa shape index (κ1) is 18.8. The summed E-state index contributed by atoms with van der Waals surface area (Å²) in [6.07, 6.45) is 0. The van der Waals surface area contributed by atoms with Crippen molar-refractivity contribution in [3.05, 3.63) is 52.5 Å². The summed E-state index contributed by atoms with van der Waals surface area (Å²) in [7, 11) is 0. The molecule has 0 saturated carbocycles. The molecule has 1 amide bonds. The molecule has 2 heterocycles. The Kier molecular flexibility index (Phi) is 5.08. The standard InChI is InChI=1S/C21H24N2O4/c1-6-26-16-9-7-8-15-10-17(27-20(15)16)12(3)23-21(25)19-11(2)18(14(5)24)13(4)22-19/h7-10,12,22H,6H2,1-5H3,(H,23,25). The second-order valence-corrected chi connectivity index (χ2v) is 6.63. The number of H-pyrrole nitrogens is 1. The molecule has 0 fully saturated rings. The Labute approximate surface area is 157 Å². The lowest BCUT2D eigenvalue weighted by atomic mass is 10.1. The Morgan fingerprint density at radius 3 is 2.67 bits per heavy atom. The number of aryl methyl sites for hydroxylation is 1. The van der Waals surface area contributed by atoms with Gasteiger partial charge in [-0.25, -0.2) is 0 Å². The van der Waals surface area contributed by atoms with Crippen LogP contribution in [0.4, 0.5) is 0 Å². The number of ether oxygens (including phenoxy) is 1. The van der Waals surface area contributed by atoms with E-state index in [1.165, 1.54) is 6.92 Å². The molecular weight excluding hydrogens is 344 g/mol. The first-order valence-corrected chi connectivity index (χ1v) is 8.99. The quantitative estimate of drug-likeness (QED) is 0.629. The van der Waals surface area contributed by atoms with E-state index < -0.39 is 0 Å². The van der Waals surface area contributed by atoms with Gasteiger partial charge in [0.05, 0.1) is 12.6 Å². The highest BCUT2D eigenvalue weighted by Crippen LogP contribution is 2.31. The molecule has 1 aromatic carbocycles. The predicted molar refractivity (Wildman–Crippen MR) is 104 cm³/mol. The Morgan fingerprint density at radius 1 is 1.30 bits per heavy atom. The Hall–Kier alpha value is -3.02. The lowest BCUT2D eigenvalue weighted by Crippen LogP contribution is -2.27. The summed E-state index contributed by atoms with van der Waals surface area (Å²) in [4.78, 5) is 27.5. The van der Waals surface area contributed by atoms with Crippen LogP contribution in [0.25, 0.3) is 11.0 Å². The molecule has 27 heavy (non-hydrogen) atoms. The predicted octanol–water partition coefficient (Wildman–Crippen LogP) is 4.47. The lowest BCUT2D eigenvalue weighted by molar-refractivity contribution is 0.0930. The van der Waals surface area contributed by atoms with Gasteiger partial charge in [0.2, 0.25) is 0 Å². The highest BCUT2D eigenvalue weighted by molar-refractivity contribution is 6.02. The number of furan rings is 1. The number of amides is 1. The molecule has 0 aliphatic heterocycles. The maximum atomic E-state index is 12.7. The van der Waals surface area contributed by atoms with Gasteiger partial charge < -0.3 is 19.5 Å². The van der Waals surface area contributed by atoms with Gasteiger partial charge in [-0.3, -0.25) is 9.59 Å². The first-order chi connectivity index (χ1) is 12.8. The minimum absolute atomic E-state index is 0.0610. The molecule has 142 valence electrons. The number of hydrogen-bond donors (Lipinski definition) is 2. The molecular formula is C21H24N2O4. The minimum Gasteiger partial charge on any atom is -0.490 e. The number of ketones is 1. The van der Waals surface area contributed by atoms with Crippen molar-refractivity contribution in [2.45, 2.75) is 40.7 Å². The maximum Gasteiger partial charge on any atom is 0.268 e. The summed E-state index contributed by atoms with van der Waals surface area (Å²) >= 11 is 0. The summed E-state index contributed by atoms with van der Waals surface area (Å²) in [5, 5.41) is 3.85. The van der Waals surface area contributed by atoms with Crippen molar-refractivity contribution in [1.82, 2.24) is 10.3 Å². The van der Waals surface area contributed by atoms with Crippen LogP contribution in [0.2, 0.25) is 0 Å². The summed E-state index contributed by atoms with van der Waals surface area (Å²) in [6, 6.07) is 7.26. The summed E-state index contributed by atoms with van der Waals surface area (Å²) in [6.45, 7) is 9.38. The third kappa shape index (κ3) is 3.47. The molecule has 0 aliphatic carbocycles. The van der Waals surface area contributed by atoms with E-state index >= 15 is 0 Å². The van der Waals surface area contributed by atoms with Crippen LogP contribution in [0.5, 0.6) is 5.75 Å². The number of benzene rings is 1. The number of carbonyl (C=O) groups is 2. The van der Waals surface area contributed by atoms with Crippen molar-refractivity contribution in [1.29, 1.82) is 0 Å². The maximum absolute atomic E-state index is 12.7. The Balaban J connectivity index is 1.85. The Bertz CT molecular complexity index is 1010. The van der Waals surface area contributed by atoms with E-state index in [0.29, 0.717) is 46.2 Å². The second-order valence-electron chi connectivity index (χ2n) is 6.63. The van der Waals surface area contributed by atoms with Crippen molar-refractivity contribution in [3.63, 3.8) is 0 Å². The van der Waals surface area contributed by atoms with Crippen LogP contribution in [0.1, 0.15) is 64.7 Å². The van der Waals surface area contributed by atoms with Gasteiger partial charge in [0.1, 0.15) is 11.5 Å². The largest absolute Gasteiger partial charge is 0.490 e. The first-order valence-electron chi connectivity index (χ1n) is 8.99. The average molecular weight is 368 g/mol. The number of para-hydroxylation sites is 1. The molecule has 0 spiro atoms. The molecule has 3 rings (SSSR count). The van der Waals surface area contributed by atoms with Crippen LogP contribution in [0.15, 0.2) is 28.7 Å². The van der Waals surface area contributed by atoms with Gasteiger partial charge in [0.15, 0.2) is 17.1 Å². The number of Topliss-reactive ketones (excluding diaryl/α,β-unsaturated/α-hetero) is 1. The van der Waals surface area contributed by atoms with E-state index in [1.54, 1.807) is 13.8 Å². The van der Waals surface area contributed by atoms with E-state index in [0.717, 1.165) is 5.39 Å². The van der Waals surface area contributed by atoms with Gasteiger partial charge in [-0.1, -0.05) is 12.1 Å². The average Bonchev–Trinajstić information content (AvgIpc) is 3.16. The second kappa shape index (κ2) is 7.31. The fraction of sp³-hybridized carbons (Fsp3) is 0.333. The molecule has 0 radical (unpaired) electrons.